The van der Waals surface area contributed by atoms with Crippen molar-refractivity contribution >= 4 is 70.9 Å². The number of hydrogen-bond acceptors (Lipinski definition) is 13. The van der Waals surface area contributed by atoms with Crippen LogP contribution in [-0.2, 0) is 62.3 Å². The summed E-state index contributed by atoms with van der Waals surface area (Å²) < 4.78 is 78.8. The fourth-order valence-corrected chi connectivity index (χ4v) is 16.4. The highest BCUT2D eigenvalue weighted by molar-refractivity contribution is 6.01. The molecule has 3 saturated carbocycles. The van der Waals surface area contributed by atoms with Gasteiger partial charge >= 0.3 is 6.18 Å². The maximum atomic E-state index is 15.5. The summed E-state index contributed by atoms with van der Waals surface area (Å²) in [7, 11) is 8.33. The van der Waals surface area contributed by atoms with E-state index in [0.717, 1.165) is 46.8 Å². The number of carbonyl (C=O) groups excluding carboxylic acids is 12. The third-order valence-electron chi connectivity index (χ3n) is 23.4. The number of ether oxygens (including phenoxy) is 1. The second kappa shape index (κ2) is 36.8. The molecule has 6 fully saturated rings. The second-order valence-corrected chi connectivity index (χ2v) is 30.3. The third kappa shape index (κ3) is 19.9. The van der Waals surface area contributed by atoms with Gasteiger partial charge < -0.3 is 64.8 Å². The first-order valence-electron chi connectivity index (χ1n) is 37.6. The van der Waals surface area contributed by atoms with Gasteiger partial charge in [0, 0.05) is 81.5 Å². The van der Waals surface area contributed by atoms with Crippen LogP contribution in [0.2, 0.25) is 0 Å². The number of nitrogens with zero attached hydrogens (tertiary/aromatic N) is 9. The van der Waals surface area contributed by atoms with Gasteiger partial charge in [-0.15, -0.1) is 0 Å². The Labute approximate surface area is 604 Å². The van der Waals surface area contributed by atoms with E-state index in [0.29, 0.717) is 58.0 Å². The molecule has 1 spiro atoms. The zero-order valence-corrected chi connectivity index (χ0v) is 62.6. The second-order valence-electron chi connectivity index (χ2n) is 30.3. The monoisotopic (exact) mass is 1460 g/mol. The fourth-order valence-electron chi connectivity index (χ4n) is 16.4. The Morgan fingerprint density at radius 1 is 0.641 bits per heavy atom. The average Bonchev–Trinajstić information content (AvgIpc) is 1.58. The van der Waals surface area contributed by atoms with Crippen LogP contribution >= 0.6 is 0 Å². The van der Waals surface area contributed by atoms with Crippen LogP contribution in [-0.4, -0.2) is 282 Å². The Kier molecular flexibility index (Phi) is 29.8. The largest absolute Gasteiger partial charge is 0.397 e. The zero-order chi connectivity index (χ0) is 76.1. The van der Waals surface area contributed by atoms with Crippen molar-refractivity contribution in [3.63, 3.8) is 0 Å². The van der Waals surface area contributed by atoms with Crippen molar-refractivity contribution < 1.29 is 84.2 Å². The van der Waals surface area contributed by atoms with E-state index in [2.05, 4.69) is 16.0 Å². The highest BCUT2D eigenvalue weighted by atomic mass is 19.4. The molecular weight excluding hydrogens is 1350 g/mol. The molecule has 103 heavy (non-hydrogen) atoms. The van der Waals surface area contributed by atoms with E-state index in [1.54, 1.807) is 24.8 Å². The summed E-state index contributed by atoms with van der Waals surface area (Å²) >= 11 is 0. The topological polar surface area (TPSA) is 279 Å². The molecule has 2 bridgehead atoms. The van der Waals surface area contributed by atoms with Crippen LogP contribution < -0.4 is 16.0 Å². The summed E-state index contributed by atoms with van der Waals surface area (Å²) in [6, 6.07) is -10.6. The SMILES string of the molecule is CCO[C@@H]1C[C@H]2C(=O)NC3(CCC3)C(=O)N(C)[C@@H](C(CC)CC)C(=O)N(C)[C@H](C(=O)N3CCCC3)CC(=O)N(C)[C@@H](C)C(=O)N[C@@H]([C@@H](C)CC)C(=O)N(C)CC(=O)N(C)[C@H]3C/C=C\CCN(C3=O)[C@@H](CC3CCCCC3)C(=O)N(C)CC(=O)N[C@@H](CCC3CC(F)C(C(F)(F)F)C(F)C3)C(=O)N2C1. The van der Waals surface area contributed by atoms with Gasteiger partial charge in [0.05, 0.1) is 25.6 Å². The van der Waals surface area contributed by atoms with E-state index in [-0.39, 0.29) is 70.6 Å². The van der Waals surface area contributed by atoms with E-state index >= 15 is 37.5 Å². The molecule has 7 aliphatic rings. The van der Waals surface area contributed by atoms with Crippen molar-refractivity contribution in [3.8, 4) is 0 Å². The van der Waals surface area contributed by atoms with Crippen molar-refractivity contribution in [1.82, 2.24) is 60.0 Å². The lowest BCUT2D eigenvalue weighted by Crippen LogP contribution is -2.68. The molecule has 4 heterocycles. The zero-order valence-electron chi connectivity index (χ0n) is 62.6. The normalized spacial score (nSPS) is 31.4. The molecular formula is C73H115F5N12O13. The maximum Gasteiger partial charge on any atom is 0.397 e. The molecule has 3 N–H and O–H groups in total. The first-order valence-corrected chi connectivity index (χ1v) is 37.6. The molecule has 12 amide bonds. The average molecular weight is 1460 g/mol. The highest BCUT2D eigenvalue weighted by Crippen LogP contribution is 2.45. The Morgan fingerprint density at radius 3 is 1.85 bits per heavy atom. The minimum atomic E-state index is -5.17. The van der Waals surface area contributed by atoms with Gasteiger partial charge in [0.1, 0.15) is 72.1 Å². The molecule has 0 aromatic heterocycles. The molecule has 25 nitrogen and oxygen atoms in total. The van der Waals surface area contributed by atoms with Gasteiger partial charge in [-0.1, -0.05) is 91.2 Å². The van der Waals surface area contributed by atoms with E-state index in [4.69, 9.17) is 4.74 Å². The smallest absolute Gasteiger partial charge is 0.377 e. The molecule has 3 saturated heterocycles. The third-order valence-corrected chi connectivity index (χ3v) is 23.4. The number of alkyl halides is 5. The van der Waals surface area contributed by atoms with E-state index in [1.165, 1.54) is 73.7 Å². The summed E-state index contributed by atoms with van der Waals surface area (Å²) in [6.07, 6.45) is -2.62. The fraction of sp³-hybridized carbons (Fsp3) is 0.808. The van der Waals surface area contributed by atoms with Crippen LogP contribution in [0.4, 0.5) is 22.0 Å². The number of nitrogens with one attached hydrogen (secondary N) is 3. The molecule has 0 aromatic carbocycles. The summed E-state index contributed by atoms with van der Waals surface area (Å²) in [5, 5.41) is 8.49. The van der Waals surface area contributed by atoms with E-state index < -0.39 is 205 Å². The lowest BCUT2D eigenvalue weighted by Gasteiger charge is -2.47. The molecule has 7 rings (SSSR count). The molecule has 3 aliphatic carbocycles. The Bertz CT molecular complexity index is 3040. The van der Waals surface area contributed by atoms with Crippen molar-refractivity contribution in [1.29, 1.82) is 0 Å². The summed E-state index contributed by atoms with van der Waals surface area (Å²) in [4.78, 5) is 191. The van der Waals surface area contributed by atoms with Crippen molar-refractivity contribution in [2.24, 2.45) is 29.6 Å². The minimum Gasteiger partial charge on any atom is -0.377 e. The van der Waals surface area contributed by atoms with Crippen molar-refractivity contribution in [2.75, 3.05) is 88.2 Å². The lowest BCUT2D eigenvalue weighted by molar-refractivity contribution is -0.219. The predicted molar refractivity (Wildman–Crippen MR) is 372 cm³/mol. The summed E-state index contributed by atoms with van der Waals surface area (Å²) in [6.45, 7) is 9.70. The number of halogens is 5. The molecule has 0 aromatic rings. The maximum absolute atomic E-state index is 15.5. The number of carbonyl (C=O) groups is 12. The quantitative estimate of drug-likeness (QED) is 0.156. The van der Waals surface area contributed by atoms with Crippen molar-refractivity contribution in [2.45, 2.75) is 261 Å². The standard InChI is InChI=1S/C73H115F5N12O13/c1-13-44(5)61-69(100)83(8)43-59(93)85(10)53-28-21-18-22-35-89(68(53)99)56(38-46-26-19-17-20-27-46)66(97)82(7)42-57(91)79-52(30-29-47-36-50(74)60(51(75)37-47)73(76,77)78)65(96)90-41-49(103-16-4)39-54(90)64(95)81-72(31-25-32-72)71(102)87(12)62(48(14-2)15-3)70(101)86(11)55(67(98)88-33-23-24-34-88)40-58(92)84(9)45(6)63(94)80-61/h18,21,44-56,60-62H,13-17,19-20,22-43H2,1-12H3,(H,79,91)(H,80,94)(H,81,95)/b21-18-/t44-,45-,47?,49+,50?,51?,52-,53-,54-,55-,56-,60?,61-,62-/m0/s1. The van der Waals surface area contributed by atoms with Crippen LogP contribution in [0.25, 0.3) is 0 Å². The number of likely N-dealkylation sites (tertiary alicyclic amines) is 1. The Hall–Kier alpha value is -7.01. The Balaban J connectivity index is 1.30. The number of rotatable bonds is 13. The molecule has 12 atom stereocenters. The van der Waals surface area contributed by atoms with Crippen LogP contribution in [0.1, 0.15) is 183 Å². The molecule has 580 valence electrons. The summed E-state index contributed by atoms with van der Waals surface area (Å²) in [5.41, 5.74) is -1.65. The van der Waals surface area contributed by atoms with Gasteiger partial charge in [-0.2, -0.15) is 13.2 Å². The van der Waals surface area contributed by atoms with Gasteiger partial charge in [-0.25, -0.2) is 8.78 Å². The molecule has 2 unspecified atom stereocenters. The Morgan fingerprint density at radius 2 is 1.27 bits per heavy atom. The first kappa shape index (κ1) is 83.3. The van der Waals surface area contributed by atoms with Crippen LogP contribution in [0, 0.1) is 29.6 Å². The van der Waals surface area contributed by atoms with Crippen LogP contribution in [0.3, 0.4) is 0 Å². The lowest BCUT2D eigenvalue weighted by atomic mass is 9.74. The minimum absolute atomic E-state index is 0.0182. The van der Waals surface area contributed by atoms with Crippen LogP contribution in [0.5, 0.6) is 0 Å². The van der Waals surface area contributed by atoms with Gasteiger partial charge in [-0.05, 0) is 115 Å². The number of fused-ring (bicyclic) bond motifs is 3. The molecule has 0 radical (unpaired) electrons. The van der Waals surface area contributed by atoms with E-state index in [9.17, 15) is 41.9 Å². The van der Waals surface area contributed by atoms with Gasteiger partial charge in [0.2, 0.25) is 70.9 Å². The van der Waals surface area contributed by atoms with Gasteiger partial charge in [0.25, 0.3) is 0 Å². The summed E-state index contributed by atoms with van der Waals surface area (Å²) in [5.74, 6) is -13.4. The number of likely N-dealkylation sites (N-methyl/N-ethyl adjacent to an activating group) is 6. The van der Waals surface area contributed by atoms with Gasteiger partial charge in [0.15, 0.2) is 0 Å². The van der Waals surface area contributed by atoms with E-state index in [1.807, 2.05) is 26.8 Å². The van der Waals surface area contributed by atoms with Crippen molar-refractivity contribution in [3.05, 3.63) is 12.2 Å². The highest BCUT2D eigenvalue weighted by Gasteiger charge is 2.56. The van der Waals surface area contributed by atoms with Gasteiger partial charge in [-0.3, -0.25) is 57.5 Å². The molecule has 4 aliphatic heterocycles. The number of hydrogen-bond donors (Lipinski definition) is 3. The molecule has 30 heteroatoms. The number of amides is 12. The predicted octanol–water partition coefficient (Wildman–Crippen LogP) is 5.32. The first-order chi connectivity index (χ1) is 48.6. The van der Waals surface area contributed by atoms with Crippen LogP contribution in [0.15, 0.2) is 12.2 Å².